The lowest BCUT2D eigenvalue weighted by molar-refractivity contribution is 0.0934. The summed E-state index contributed by atoms with van der Waals surface area (Å²) in [5, 5.41) is 0. The van der Waals surface area contributed by atoms with Crippen LogP contribution in [0.2, 0.25) is 0 Å². The number of hydrogen-bond acceptors (Lipinski definition) is 3. The van der Waals surface area contributed by atoms with E-state index in [1.807, 2.05) is 0 Å². The maximum absolute atomic E-state index is 12.0. The Balaban J connectivity index is 2.62. The average Bonchev–Trinajstić information content (AvgIpc) is 2.31. The van der Waals surface area contributed by atoms with Crippen LogP contribution in [0, 0.1) is 0 Å². The van der Waals surface area contributed by atoms with E-state index in [0.29, 0.717) is 12.1 Å². The van der Waals surface area contributed by atoms with E-state index in [2.05, 4.69) is 25.7 Å². The minimum Gasteiger partial charge on any atom is -0.399 e. The topological polar surface area (TPSA) is 46.3 Å². The first-order chi connectivity index (χ1) is 8.08. The molecule has 0 aliphatic carbocycles. The number of benzene rings is 1. The number of nitrogens with zero attached hydrogens (tertiary/aromatic N) is 1. The van der Waals surface area contributed by atoms with Gasteiger partial charge in [-0.2, -0.15) is 0 Å². The van der Waals surface area contributed by atoms with Crippen LogP contribution in [-0.2, 0) is 0 Å². The minimum absolute atomic E-state index is 0.185. The maximum Gasteiger partial charge on any atom is 0.164 e. The van der Waals surface area contributed by atoms with Gasteiger partial charge in [0.25, 0.3) is 0 Å². The van der Waals surface area contributed by atoms with Gasteiger partial charge in [0.2, 0.25) is 0 Å². The van der Waals surface area contributed by atoms with Gasteiger partial charge in [-0.1, -0.05) is 13.8 Å². The highest BCUT2D eigenvalue weighted by Gasteiger charge is 2.15. The molecule has 0 amide bonds. The third-order valence-electron chi connectivity index (χ3n) is 3.15. The fourth-order valence-electron chi connectivity index (χ4n) is 2.03. The molecule has 0 saturated heterocycles. The molecule has 0 bridgehead atoms. The number of ketones is 1. The summed E-state index contributed by atoms with van der Waals surface area (Å²) in [5.74, 6) is 0.185. The van der Waals surface area contributed by atoms with Crippen molar-refractivity contribution in [1.82, 2.24) is 4.90 Å². The van der Waals surface area contributed by atoms with Gasteiger partial charge >= 0.3 is 0 Å². The Bertz CT molecular complexity index is 355. The van der Waals surface area contributed by atoms with Gasteiger partial charge in [-0.15, -0.1) is 0 Å². The molecule has 0 fully saturated rings. The van der Waals surface area contributed by atoms with E-state index in [1.165, 1.54) is 0 Å². The summed E-state index contributed by atoms with van der Waals surface area (Å²) in [6, 6.07) is 7.43. The number of anilines is 1. The lowest BCUT2D eigenvalue weighted by Crippen LogP contribution is -2.34. The number of nitrogens with two attached hydrogens (primary N) is 1. The van der Waals surface area contributed by atoms with Crippen LogP contribution in [0.1, 0.15) is 37.6 Å². The van der Waals surface area contributed by atoms with Crippen molar-refractivity contribution in [1.29, 1.82) is 0 Å². The lowest BCUT2D eigenvalue weighted by atomic mass is 10.0. The Morgan fingerprint density at radius 1 is 1.24 bits per heavy atom. The maximum atomic E-state index is 12.0. The Kier molecular flexibility index (Phi) is 5.16. The first-order valence-corrected chi connectivity index (χ1v) is 6.21. The van der Waals surface area contributed by atoms with Gasteiger partial charge in [0.05, 0.1) is 0 Å². The van der Waals surface area contributed by atoms with Crippen molar-refractivity contribution in [2.24, 2.45) is 0 Å². The van der Waals surface area contributed by atoms with E-state index in [0.717, 1.165) is 18.7 Å². The minimum atomic E-state index is 0.185. The molecule has 1 aromatic rings. The normalized spacial score (nSPS) is 12.7. The summed E-state index contributed by atoms with van der Waals surface area (Å²) in [6.07, 6.45) is 0.561. The number of Topliss-reactive ketones (excluding diaryl/α,β-unsaturated/α-hetero) is 1. The number of nitrogen functional groups attached to an aromatic ring is 1. The molecule has 2 N–H and O–H groups in total. The van der Waals surface area contributed by atoms with Crippen LogP contribution in [0.15, 0.2) is 24.3 Å². The van der Waals surface area contributed by atoms with E-state index in [9.17, 15) is 4.79 Å². The van der Waals surface area contributed by atoms with Crippen molar-refractivity contribution in [2.45, 2.75) is 33.2 Å². The van der Waals surface area contributed by atoms with E-state index in [-0.39, 0.29) is 11.8 Å². The van der Waals surface area contributed by atoms with Crippen molar-refractivity contribution >= 4 is 11.5 Å². The van der Waals surface area contributed by atoms with E-state index in [4.69, 9.17) is 5.73 Å². The molecule has 0 radical (unpaired) electrons. The second kappa shape index (κ2) is 6.40. The Labute approximate surface area is 104 Å². The van der Waals surface area contributed by atoms with E-state index < -0.39 is 0 Å². The molecule has 0 aliphatic rings. The third-order valence-corrected chi connectivity index (χ3v) is 3.15. The largest absolute Gasteiger partial charge is 0.399 e. The van der Waals surface area contributed by atoms with Crippen molar-refractivity contribution < 1.29 is 4.79 Å². The van der Waals surface area contributed by atoms with Gasteiger partial charge in [-0.25, -0.2) is 0 Å². The highest BCUT2D eigenvalue weighted by Crippen LogP contribution is 2.11. The van der Waals surface area contributed by atoms with Crippen LogP contribution >= 0.6 is 0 Å². The predicted octanol–water partition coefficient (Wildman–Crippen LogP) is 2.57. The summed E-state index contributed by atoms with van der Waals surface area (Å²) in [5.41, 5.74) is 7.04. The first-order valence-electron chi connectivity index (χ1n) is 6.21. The van der Waals surface area contributed by atoms with Crippen LogP contribution in [0.3, 0.4) is 0 Å². The predicted molar refractivity (Wildman–Crippen MR) is 72.2 cm³/mol. The summed E-state index contributed by atoms with van der Waals surface area (Å²) >= 11 is 0. The van der Waals surface area contributed by atoms with Crippen molar-refractivity contribution in [3.05, 3.63) is 29.8 Å². The monoisotopic (exact) mass is 234 g/mol. The quantitative estimate of drug-likeness (QED) is 0.608. The molecule has 0 aliphatic heterocycles. The fourth-order valence-corrected chi connectivity index (χ4v) is 2.03. The fraction of sp³-hybridized carbons (Fsp3) is 0.500. The van der Waals surface area contributed by atoms with Crippen LogP contribution in [-0.4, -0.2) is 29.8 Å². The van der Waals surface area contributed by atoms with Gasteiger partial charge in [0.1, 0.15) is 0 Å². The van der Waals surface area contributed by atoms with Crippen LogP contribution in [0.5, 0.6) is 0 Å². The molecule has 3 nitrogen and oxygen atoms in total. The summed E-state index contributed by atoms with van der Waals surface area (Å²) in [7, 11) is 0. The molecular weight excluding hydrogens is 212 g/mol. The molecule has 0 heterocycles. The second-order valence-electron chi connectivity index (χ2n) is 4.32. The zero-order valence-corrected chi connectivity index (χ0v) is 10.9. The molecule has 1 unspecified atom stereocenters. The Hall–Kier alpha value is -1.35. The van der Waals surface area contributed by atoms with Gasteiger partial charge in [0, 0.05) is 23.7 Å². The number of carbonyl (C=O) groups excluding carboxylic acids is 1. The molecule has 3 heteroatoms. The molecular formula is C14H22N2O. The summed E-state index contributed by atoms with van der Waals surface area (Å²) < 4.78 is 0. The standard InChI is InChI=1S/C14H22N2O/c1-4-16(5-2)11(3)10-14(17)12-6-8-13(15)9-7-12/h6-9,11H,4-5,10,15H2,1-3H3. The van der Waals surface area contributed by atoms with Gasteiger partial charge in [-0.3, -0.25) is 4.79 Å². The molecule has 17 heavy (non-hydrogen) atoms. The van der Waals surface area contributed by atoms with E-state index in [1.54, 1.807) is 24.3 Å². The van der Waals surface area contributed by atoms with Crippen molar-refractivity contribution in [3.63, 3.8) is 0 Å². The van der Waals surface area contributed by atoms with Gasteiger partial charge in [-0.05, 0) is 44.3 Å². The highest BCUT2D eigenvalue weighted by molar-refractivity contribution is 5.96. The molecule has 94 valence electrons. The number of rotatable bonds is 6. The Morgan fingerprint density at radius 2 is 1.76 bits per heavy atom. The van der Waals surface area contributed by atoms with Crippen LogP contribution in [0.4, 0.5) is 5.69 Å². The summed E-state index contributed by atoms with van der Waals surface area (Å²) in [4.78, 5) is 14.3. The van der Waals surface area contributed by atoms with E-state index >= 15 is 0 Å². The SMILES string of the molecule is CCN(CC)C(C)CC(=O)c1ccc(N)cc1. The molecule has 1 aromatic carbocycles. The van der Waals surface area contributed by atoms with Crippen molar-refractivity contribution in [3.8, 4) is 0 Å². The van der Waals surface area contributed by atoms with Gasteiger partial charge < -0.3 is 10.6 Å². The smallest absolute Gasteiger partial charge is 0.164 e. The first kappa shape index (κ1) is 13.7. The second-order valence-corrected chi connectivity index (χ2v) is 4.32. The number of carbonyl (C=O) groups is 1. The molecule has 0 spiro atoms. The van der Waals surface area contributed by atoms with Crippen LogP contribution in [0.25, 0.3) is 0 Å². The zero-order chi connectivity index (χ0) is 12.8. The average molecular weight is 234 g/mol. The molecule has 0 saturated carbocycles. The molecule has 0 aromatic heterocycles. The van der Waals surface area contributed by atoms with Crippen LogP contribution < -0.4 is 5.73 Å². The number of hydrogen-bond donors (Lipinski definition) is 1. The lowest BCUT2D eigenvalue weighted by Gasteiger charge is -2.25. The van der Waals surface area contributed by atoms with Gasteiger partial charge in [0.15, 0.2) is 5.78 Å². The van der Waals surface area contributed by atoms with Crippen molar-refractivity contribution in [2.75, 3.05) is 18.8 Å². The summed E-state index contributed by atoms with van der Waals surface area (Å²) in [6.45, 7) is 8.29. The zero-order valence-electron chi connectivity index (χ0n) is 10.9. The highest BCUT2D eigenvalue weighted by atomic mass is 16.1. The third kappa shape index (κ3) is 3.86. The Morgan fingerprint density at radius 3 is 2.24 bits per heavy atom. The molecule has 1 atom stereocenters. The molecule has 1 rings (SSSR count).